The maximum atomic E-state index is 3.33. The molecular weight excluding hydrogens is 110 g/mol. The molecule has 0 spiro atoms. The van der Waals surface area contributed by atoms with Crippen molar-refractivity contribution < 1.29 is 0 Å². The van der Waals surface area contributed by atoms with Crippen LogP contribution in [0.2, 0.25) is 0 Å². The van der Waals surface area contributed by atoms with Gasteiger partial charge in [-0.15, -0.1) is 0 Å². The first-order valence-electron chi connectivity index (χ1n) is 3.56. The molecule has 2 atom stereocenters. The predicted octanol–water partition coefficient (Wildman–Crippen LogP) is 1.44. The molecule has 0 bridgehead atoms. The van der Waals surface area contributed by atoms with E-state index in [0.717, 1.165) is 6.04 Å². The lowest BCUT2D eigenvalue weighted by Crippen LogP contribution is -2.26. The van der Waals surface area contributed by atoms with E-state index >= 15 is 0 Å². The fourth-order valence-corrected chi connectivity index (χ4v) is 1.54. The lowest BCUT2D eigenvalue weighted by Gasteiger charge is -2.19. The summed E-state index contributed by atoms with van der Waals surface area (Å²) in [5, 5.41) is 3.33. The zero-order valence-corrected chi connectivity index (χ0v) is 5.38. The highest BCUT2D eigenvalue weighted by molar-refractivity contribution is 5.14. The number of hydrogen-bond donors (Lipinski definition) is 1. The van der Waals surface area contributed by atoms with Crippen molar-refractivity contribution in [2.75, 3.05) is 0 Å². The van der Waals surface area contributed by atoms with E-state index in [1.807, 2.05) is 0 Å². The highest BCUT2D eigenvalue weighted by Gasteiger charge is 2.20. The van der Waals surface area contributed by atoms with E-state index < -0.39 is 0 Å². The first kappa shape index (κ1) is 5.10. The lowest BCUT2D eigenvalue weighted by molar-refractivity contribution is 0.495. The summed E-state index contributed by atoms with van der Waals surface area (Å²) in [6, 6.07) is 0.718. The fourth-order valence-electron chi connectivity index (χ4n) is 1.54. The number of allylic oxidation sites excluding steroid dienone is 1. The maximum absolute atomic E-state index is 3.33. The normalized spacial score (nSPS) is 38.2. The third kappa shape index (κ3) is 0.766. The molecule has 1 aliphatic carbocycles. The van der Waals surface area contributed by atoms with Crippen molar-refractivity contribution in [2.45, 2.75) is 18.9 Å². The molecule has 0 radical (unpaired) electrons. The summed E-state index contributed by atoms with van der Waals surface area (Å²) in [7, 11) is 0. The van der Waals surface area contributed by atoms with E-state index in [9.17, 15) is 0 Å². The summed E-state index contributed by atoms with van der Waals surface area (Å²) in [6.07, 6.45) is 11.4. The standard InChI is InChI=1S/C8H11N/c1-2-4-8-7(3-1)5-6-9-8/h1,3,5-9H,2,4H2. The van der Waals surface area contributed by atoms with Gasteiger partial charge in [-0.05, 0) is 19.0 Å². The van der Waals surface area contributed by atoms with Gasteiger partial charge in [-0.3, -0.25) is 0 Å². The van der Waals surface area contributed by atoms with E-state index in [0.29, 0.717) is 5.92 Å². The third-order valence-corrected chi connectivity index (χ3v) is 2.10. The molecule has 0 saturated heterocycles. The second-order valence-corrected chi connectivity index (χ2v) is 2.72. The third-order valence-electron chi connectivity index (χ3n) is 2.10. The SMILES string of the molecule is C1=CC2C=CNC2CC1. The molecule has 0 saturated carbocycles. The highest BCUT2D eigenvalue weighted by Crippen LogP contribution is 2.22. The average Bonchev–Trinajstić information content (AvgIpc) is 2.33. The maximum Gasteiger partial charge on any atom is 0.0356 e. The van der Waals surface area contributed by atoms with Crippen LogP contribution in [0.5, 0.6) is 0 Å². The molecule has 1 N–H and O–H groups in total. The van der Waals surface area contributed by atoms with Crippen LogP contribution in [-0.2, 0) is 0 Å². The highest BCUT2D eigenvalue weighted by atomic mass is 14.9. The summed E-state index contributed by atoms with van der Waals surface area (Å²) >= 11 is 0. The monoisotopic (exact) mass is 121 g/mol. The smallest absolute Gasteiger partial charge is 0.0356 e. The molecule has 9 heavy (non-hydrogen) atoms. The molecular formula is C8H11N. The van der Waals surface area contributed by atoms with Gasteiger partial charge in [0, 0.05) is 12.0 Å². The molecule has 0 aromatic rings. The first-order chi connectivity index (χ1) is 4.47. The number of rotatable bonds is 0. The van der Waals surface area contributed by atoms with Crippen LogP contribution in [0.4, 0.5) is 0 Å². The van der Waals surface area contributed by atoms with E-state index in [2.05, 4.69) is 29.7 Å². The van der Waals surface area contributed by atoms with Crippen LogP contribution < -0.4 is 5.32 Å². The summed E-state index contributed by atoms with van der Waals surface area (Å²) in [5.41, 5.74) is 0. The second-order valence-electron chi connectivity index (χ2n) is 2.72. The molecule has 1 nitrogen and oxygen atoms in total. The molecule has 0 amide bonds. The van der Waals surface area contributed by atoms with Crippen LogP contribution in [0.1, 0.15) is 12.8 Å². The van der Waals surface area contributed by atoms with E-state index in [4.69, 9.17) is 0 Å². The van der Waals surface area contributed by atoms with E-state index in [1.165, 1.54) is 12.8 Å². The van der Waals surface area contributed by atoms with Crippen LogP contribution in [-0.4, -0.2) is 6.04 Å². The molecule has 2 unspecified atom stereocenters. The average molecular weight is 121 g/mol. The number of fused-ring (bicyclic) bond motifs is 1. The van der Waals surface area contributed by atoms with Gasteiger partial charge in [-0.25, -0.2) is 0 Å². The van der Waals surface area contributed by atoms with Crippen molar-refractivity contribution in [1.29, 1.82) is 0 Å². The minimum atomic E-state index is 0.693. The summed E-state index contributed by atoms with van der Waals surface area (Å²) < 4.78 is 0. The van der Waals surface area contributed by atoms with Crippen molar-refractivity contribution in [2.24, 2.45) is 5.92 Å². The van der Waals surface area contributed by atoms with Gasteiger partial charge in [0.2, 0.25) is 0 Å². The second kappa shape index (κ2) is 1.90. The van der Waals surface area contributed by atoms with Crippen molar-refractivity contribution in [1.82, 2.24) is 5.32 Å². The van der Waals surface area contributed by atoms with E-state index in [1.54, 1.807) is 0 Å². The molecule has 0 aromatic heterocycles. The van der Waals surface area contributed by atoms with Crippen molar-refractivity contribution in [3.63, 3.8) is 0 Å². The van der Waals surface area contributed by atoms with Crippen LogP contribution in [0, 0.1) is 5.92 Å². The van der Waals surface area contributed by atoms with Gasteiger partial charge in [0.05, 0.1) is 0 Å². The first-order valence-corrected chi connectivity index (χ1v) is 3.56. The van der Waals surface area contributed by atoms with E-state index in [-0.39, 0.29) is 0 Å². The molecule has 48 valence electrons. The van der Waals surface area contributed by atoms with Gasteiger partial charge in [-0.2, -0.15) is 0 Å². The molecule has 2 aliphatic rings. The Morgan fingerprint density at radius 2 is 2.33 bits per heavy atom. The summed E-state index contributed by atoms with van der Waals surface area (Å²) in [4.78, 5) is 0. The van der Waals surface area contributed by atoms with Crippen LogP contribution >= 0.6 is 0 Å². The Bertz CT molecular complexity index is 158. The van der Waals surface area contributed by atoms with Gasteiger partial charge < -0.3 is 5.32 Å². The van der Waals surface area contributed by atoms with Crippen LogP contribution in [0.25, 0.3) is 0 Å². The van der Waals surface area contributed by atoms with Gasteiger partial charge in [0.1, 0.15) is 0 Å². The Hall–Kier alpha value is -0.720. The fraction of sp³-hybridized carbons (Fsp3) is 0.500. The van der Waals surface area contributed by atoms with Crippen molar-refractivity contribution >= 4 is 0 Å². The molecule has 1 aliphatic heterocycles. The molecule has 1 heterocycles. The number of nitrogens with one attached hydrogen (secondary N) is 1. The van der Waals surface area contributed by atoms with Gasteiger partial charge in [0.15, 0.2) is 0 Å². The Morgan fingerprint density at radius 3 is 3.22 bits per heavy atom. The Morgan fingerprint density at radius 1 is 1.33 bits per heavy atom. The quantitative estimate of drug-likeness (QED) is 0.478. The summed E-state index contributed by atoms with van der Waals surface area (Å²) in [5.74, 6) is 0.693. The molecule has 0 fully saturated rings. The summed E-state index contributed by atoms with van der Waals surface area (Å²) in [6.45, 7) is 0. The van der Waals surface area contributed by atoms with Gasteiger partial charge in [0.25, 0.3) is 0 Å². The molecule has 0 aromatic carbocycles. The van der Waals surface area contributed by atoms with Crippen molar-refractivity contribution in [3.8, 4) is 0 Å². The lowest BCUT2D eigenvalue weighted by atomic mass is 9.93. The topological polar surface area (TPSA) is 12.0 Å². The minimum absolute atomic E-state index is 0.693. The van der Waals surface area contributed by atoms with Crippen LogP contribution in [0.15, 0.2) is 24.4 Å². The van der Waals surface area contributed by atoms with Crippen molar-refractivity contribution in [3.05, 3.63) is 24.4 Å². The number of hydrogen-bond acceptors (Lipinski definition) is 1. The largest absolute Gasteiger partial charge is 0.387 e. The Kier molecular flexibility index (Phi) is 1.08. The molecule has 1 heteroatoms. The van der Waals surface area contributed by atoms with Crippen LogP contribution in [0.3, 0.4) is 0 Å². The molecule has 2 rings (SSSR count). The predicted molar refractivity (Wildman–Crippen MR) is 37.9 cm³/mol. The Labute approximate surface area is 55.5 Å². The zero-order chi connectivity index (χ0) is 6.10. The van der Waals surface area contributed by atoms with Gasteiger partial charge >= 0.3 is 0 Å². The van der Waals surface area contributed by atoms with Gasteiger partial charge in [-0.1, -0.05) is 18.2 Å². The Balaban J connectivity index is 2.17. The zero-order valence-electron chi connectivity index (χ0n) is 5.38. The minimum Gasteiger partial charge on any atom is -0.387 e.